The lowest BCUT2D eigenvalue weighted by Crippen LogP contribution is -2.40. The third-order valence-electron chi connectivity index (χ3n) is 4.32. The number of amides is 1. The lowest BCUT2D eigenvalue weighted by Gasteiger charge is -2.30. The Kier molecular flexibility index (Phi) is 4.50. The summed E-state index contributed by atoms with van der Waals surface area (Å²) in [5, 5.41) is 11.1. The normalized spacial score (nSPS) is 13.9. The third-order valence-corrected chi connectivity index (χ3v) is 4.32. The van der Waals surface area contributed by atoms with Gasteiger partial charge in [0.05, 0.1) is 17.9 Å². The van der Waals surface area contributed by atoms with Crippen LogP contribution >= 0.6 is 0 Å². The monoisotopic (exact) mass is 379 g/mol. The maximum atomic E-state index is 12.3. The maximum Gasteiger partial charge on any atom is 0.410 e. The highest BCUT2D eigenvalue weighted by Gasteiger charge is 2.26. The molecule has 0 spiro atoms. The Morgan fingerprint density at radius 1 is 1.18 bits per heavy atom. The molecule has 9 nitrogen and oxygen atoms in total. The van der Waals surface area contributed by atoms with Crippen LogP contribution in [-0.4, -0.2) is 53.3 Å². The van der Waals surface area contributed by atoms with Crippen LogP contribution in [0.15, 0.2) is 36.8 Å². The van der Waals surface area contributed by atoms with Crippen molar-refractivity contribution in [3.8, 4) is 17.1 Å². The van der Waals surface area contributed by atoms with Gasteiger partial charge >= 0.3 is 6.09 Å². The Morgan fingerprint density at radius 2 is 1.96 bits per heavy atom. The molecule has 3 aromatic rings. The molecule has 3 heterocycles. The average Bonchev–Trinajstić information content (AvgIpc) is 3.21. The molecule has 0 atom stereocenters. The zero-order chi connectivity index (χ0) is 19.7. The van der Waals surface area contributed by atoms with E-state index in [0.717, 1.165) is 22.5 Å². The molecule has 4 rings (SSSR count). The van der Waals surface area contributed by atoms with Gasteiger partial charge in [-0.2, -0.15) is 0 Å². The number of fused-ring (bicyclic) bond motifs is 1. The zero-order valence-corrected chi connectivity index (χ0v) is 16.0. The van der Waals surface area contributed by atoms with E-state index in [1.807, 2.05) is 45.0 Å². The summed E-state index contributed by atoms with van der Waals surface area (Å²) >= 11 is 0. The number of hydrogen-bond acceptors (Lipinski definition) is 7. The summed E-state index contributed by atoms with van der Waals surface area (Å²) in [4.78, 5) is 23.2. The van der Waals surface area contributed by atoms with Crippen LogP contribution in [0.3, 0.4) is 0 Å². The van der Waals surface area contributed by atoms with Crippen LogP contribution in [0.1, 0.15) is 32.0 Å². The second-order valence-electron chi connectivity index (χ2n) is 7.62. The van der Waals surface area contributed by atoms with Gasteiger partial charge in [-0.15, -0.1) is 5.10 Å². The van der Waals surface area contributed by atoms with Crippen LogP contribution in [0.25, 0.3) is 17.1 Å². The molecule has 0 fully saturated rings. The third kappa shape index (κ3) is 3.83. The molecule has 0 saturated carbocycles. The van der Waals surface area contributed by atoms with Crippen molar-refractivity contribution in [2.24, 2.45) is 0 Å². The van der Waals surface area contributed by atoms with Crippen molar-refractivity contribution in [1.29, 1.82) is 0 Å². The SMILES string of the molecule is CC(C)(C)OC(=O)N1CCc2nc(-c3ccc(-n4cnnn4)cc3)ncc2C1. The lowest BCUT2D eigenvalue weighted by atomic mass is 10.1. The van der Waals surface area contributed by atoms with E-state index >= 15 is 0 Å². The van der Waals surface area contributed by atoms with Gasteiger partial charge in [0, 0.05) is 30.3 Å². The summed E-state index contributed by atoms with van der Waals surface area (Å²) in [6.45, 7) is 6.63. The van der Waals surface area contributed by atoms with Gasteiger partial charge in [0.25, 0.3) is 0 Å². The van der Waals surface area contributed by atoms with Gasteiger partial charge in [-0.1, -0.05) is 0 Å². The predicted octanol–water partition coefficient (Wildman–Crippen LogP) is 2.41. The molecule has 0 unspecified atom stereocenters. The van der Waals surface area contributed by atoms with Gasteiger partial charge in [0.2, 0.25) is 0 Å². The summed E-state index contributed by atoms with van der Waals surface area (Å²) in [6, 6.07) is 7.71. The molecule has 2 aromatic heterocycles. The molecule has 0 N–H and O–H groups in total. The number of rotatable bonds is 2. The first-order valence-corrected chi connectivity index (χ1v) is 9.05. The number of ether oxygens (including phenoxy) is 1. The summed E-state index contributed by atoms with van der Waals surface area (Å²) < 4.78 is 7.04. The van der Waals surface area contributed by atoms with Crippen LogP contribution in [0.5, 0.6) is 0 Å². The predicted molar refractivity (Wildman–Crippen MR) is 101 cm³/mol. The number of carbonyl (C=O) groups excluding carboxylic acids is 1. The Bertz CT molecular complexity index is 979. The Labute approximate surface area is 162 Å². The number of nitrogens with zero attached hydrogens (tertiary/aromatic N) is 7. The molecule has 0 aliphatic carbocycles. The quantitative estimate of drug-likeness (QED) is 0.674. The first-order valence-electron chi connectivity index (χ1n) is 9.05. The molecule has 144 valence electrons. The zero-order valence-electron chi connectivity index (χ0n) is 16.0. The summed E-state index contributed by atoms with van der Waals surface area (Å²) in [7, 11) is 0. The summed E-state index contributed by atoms with van der Waals surface area (Å²) in [5.41, 5.74) is 3.18. The molecule has 1 aromatic carbocycles. The number of benzene rings is 1. The van der Waals surface area contributed by atoms with Crippen molar-refractivity contribution in [2.45, 2.75) is 39.3 Å². The number of carbonyl (C=O) groups is 1. The molecule has 0 bridgehead atoms. The highest BCUT2D eigenvalue weighted by atomic mass is 16.6. The minimum atomic E-state index is -0.508. The minimum Gasteiger partial charge on any atom is -0.444 e. The van der Waals surface area contributed by atoms with Crippen molar-refractivity contribution < 1.29 is 9.53 Å². The van der Waals surface area contributed by atoms with Crippen LogP contribution < -0.4 is 0 Å². The topological polar surface area (TPSA) is 98.9 Å². The molecule has 1 aliphatic rings. The molecule has 0 radical (unpaired) electrons. The van der Waals surface area contributed by atoms with Gasteiger partial charge in [0.1, 0.15) is 11.9 Å². The summed E-state index contributed by atoms with van der Waals surface area (Å²) in [6.07, 6.45) is 3.71. The molecule has 28 heavy (non-hydrogen) atoms. The molecule has 1 amide bonds. The van der Waals surface area contributed by atoms with Crippen molar-refractivity contribution >= 4 is 6.09 Å². The standard InChI is InChI=1S/C19H21N7O2/c1-19(2,3)28-18(27)25-9-8-16-14(11-25)10-20-17(22-16)13-4-6-15(7-5-13)26-12-21-23-24-26/h4-7,10,12H,8-9,11H2,1-3H3. The van der Waals surface area contributed by atoms with Crippen LogP contribution in [0.2, 0.25) is 0 Å². The van der Waals surface area contributed by atoms with E-state index in [0.29, 0.717) is 25.3 Å². The highest BCUT2D eigenvalue weighted by Crippen LogP contribution is 2.23. The van der Waals surface area contributed by atoms with Crippen molar-refractivity contribution in [3.05, 3.63) is 48.0 Å². The van der Waals surface area contributed by atoms with Gasteiger partial charge in [-0.3, -0.25) is 0 Å². The Hall–Kier alpha value is -3.36. The fourth-order valence-electron chi connectivity index (χ4n) is 2.98. The molecular weight excluding hydrogens is 358 g/mol. The first kappa shape index (κ1) is 18.0. The molecule has 0 saturated heterocycles. The van der Waals surface area contributed by atoms with Gasteiger partial charge in [-0.25, -0.2) is 19.4 Å². The van der Waals surface area contributed by atoms with Crippen molar-refractivity contribution in [3.63, 3.8) is 0 Å². The Balaban J connectivity index is 1.50. The fraction of sp³-hybridized carbons (Fsp3) is 0.368. The highest BCUT2D eigenvalue weighted by molar-refractivity contribution is 5.68. The second kappa shape index (κ2) is 6.99. The van der Waals surface area contributed by atoms with Crippen LogP contribution in [-0.2, 0) is 17.7 Å². The number of tetrazole rings is 1. The maximum absolute atomic E-state index is 12.3. The van der Waals surface area contributed by atoms with E-state index in [1.54, 1.807) is 22.1 Å². The fourth-order valence-corrected chi connectivity index (χ4v) is 2.98. The van der Waals surface area contributed by atoms with Crippen LogP contribution in [0.4, 0.5) is 4.79 Å². The van der Waals surface area contributed by atoms with E-state index in [-0.39, 0.29) is 6.09 Å². The number of hydrogen-bond donors (Lipinski definition) is 0. The minimum absolute atomic E-state index is 0.305. The number of aromatic nitrogens is 6. The van der Waals surface area contributed by atoms with E-state index in [1.165, 1.54) is 0 Å². The molecular formula is C19H21N7O2. The van der Waals surface area contributed by atoms with Crippen molar-refractivity contribution in [1.82, 2.24) is 35.1 Å². The summed E-state index contributed by atoms with van der Waals surface area (Å²) in [5.74, 6) is 0.660. The smallest absolute Gasteiger partial charge is 0.410 e. The second-order valence-corrected chi connectivity index (χ2v) is 7.62. The van der Waals surface area contributed by atoms with E-state index in [4.69, 9.17) is 9.72 Å². The van der Waals surface area contributed by atoms with E-state index in [9.17, 15) is 4.79 Å². The largest absolute Gasteiger partial charge is 0.444 e. The Morgan fingerprint density at radius 3 is 2.64 bits per heavy atom. The van der Waals surface area contributed by atoms with Crippen molar-refractivity contribution in [2.75, 3.05) is 6.54 Å². The average molecular weight is 379 g/mol. The lowest BCUT2D eigenvalue weighted by molar-refractivity contribution is 0.0222. The van der Waals surface area contributed by atoms with Gasteiger partial charge < -0.3 is 9.64 Å². The van der Waals surface area contributed by atoms with Crippen LogP contribution in [0, 0.1) is 0 Å². The van der Waals surface area contributed by atoms with E-state index in [2.05, 4.69) is 20.5 Å². The van der Waals surface area contributed by atoms with Gasteiger partial charge in [0.15, 0.2) is 5.82 Å². The first-order chi connectivity index (χ1) is 13.4. The van der Waals surface area contributed by atoms with E-state index < -0.39 is 5.60 Å². The van der Waals surface area contributed by atoms with Gasteiger partial charge in [-0.05, 0) is 55.5 Å². The molecule has 1 aliphatic heterocycles. The molecule has 9 heteroatoms.